The maximum absolute atomic E-state index is 13.8. The number of benzene rings is 2. The third-order valence-electron chi connectivity index (χ3n) is 4.16. The molecule has 0 aliphatic heterocycles. The Labute approximate surface area is 166 Å². The smallest absolute Gasteiger partial charge is 0.255 e. The molecular weight excluding hydrogens is 379 g/mol. The molecule has 0 saturated carbocycles. The molecule has 3 N–H and O–H groups in total. The molecule has 0 aliphatic rings. The van der Waals surface area contributed by atoms with E-state index in [1.807, 2.05) is 6.92 Å². The number of aromatic nitrogens is 2. The summed E-state index contributed by atoms with van der Waals surface area (Å²) in [7, 11) is 1.50. The first-order valence-electron chi connectivity index (χ1n) is 8.83. The van der Waals surface area contributed by atoms with E-state index in [1.54, 1.807) is 37.3 Å². The molecule has 0 spiro atoms. The standard InChI is InChI=1S/C20H21FN4O4/c1-11-4-5-13(8-15(11)21)19-24-20(29-25-19)12(2)23-14-6-7-16(27-3)17(9-14)28-10-18(22)26/h4-9,12,23H,10H2,1-3H3,(H2,22,26). The van der Waals surface area contributed by atoms with Gasteiger partial charge < -0.3 is 25.0 Å². The Balaban J connectivity index is 1.75. The Morgan fingerprint density at radius 1 is 1.28 bits per heavy atom. The quantitative estimate of drug-likeness (QED) is 0.597. The first kappa shape index (κ1) is 20.1. The highest BCUT2D eigenvalue weighted by Gasteiger charge is 2.17. The minimum atomic E-state index is -0.593. The molecule has 3 rings (SSSR count). The minimum absolute atomic E-state index is 0.268. The number of ether oxygens (including phenoxy) is 2. The van der Waals surface area contributed by atoms with Crippen molar-refractivity contribution in [2.45, 2.75) is 19.9 Å². The number of aryl methyl sites for hydroxylation is 1. The van der Waals surface area contributed by atoms with Crippen LogP contribution in [0, 0.1) is 12.7 Å². The summed E-state index contributed by atoms with van der Waals surface area (Å²) in [4.78, 5) is 15.3. The molecule has 0 fully saturated rings. The molecule has 1 atom stereocenters. The van der Waals surface area contributed by atoms with Crippen molar-refractivity contribution in [3.05, 3.63) is 53.7 Å². The molecule has 0 radical (unpaired) electrons. The van der Waals surface area contributed by atoms with Crippen LogP contribution < -0.4 is 20.5 Å². The van der Waals surface area contributed by atoms with Crippen LogP contribution in [-0.2, 0) is 4.79 Å². The van der Waals surface area contributed by atoms with Crippen molar-refractivity contribution in [1.29, 1.82) is 0 Å². The maximum atomic E-state index is 13.8. The molecule has 2 aromatic carbocycles. The molecule has 9 heteroatoms. The number of carbonyl (C=O) groups excluding carboxylic acids is 1. The number of methoxy groups -OCH3 is 1. The van der Waals surface area contributed by atoms with Crippen LogP contribution in [-0.4, -0.2) is 29.8 Å². The topological polar surface area (TPSA) is 112 Å². The number of rotatable bonds is 8. The lowest BCUT2D eigenvalue weighted by Crippen LogP contribution is -2.20. The highest BCUT2D eigenvalue weighted by atomic mass is 19.1. The summed E-state index contributed by atoms with van der Waals surface area (Å²) in [6.07, 6.45) is 0. The predicted molar refractivity (Wildman–Crippen MR) is 104 cm³/mol. The van der Waals surface area contributed by atoms with E-state index in [1.165, 1.54) is 13.2 Å². The number of nitrogens with one attached hydrogen (secondary N) is 1. The van der Waals surface area contributed by atoms with Gasteiger partial charge in [-0.3, -0.25) is 4.79 Å². The van der Waals surface area contributed by atoms with Crippen LogP contribution in [0.1, 0.15) is 24.4 Å². The van der Waals surface area contributed by atoms with Gasteiger partial charge in [-0.25, -0.2) is 4.39 Å². The number of halogens is 1. The minimum Gasteiger partial charge on any atom is -0.493 e. The Morgan fingerprint density at radius 3 is 2.76 bits per heavy atom. The number of amides is 1. The molecule has 8 nitrogen and oxygen atoms in total. The van der Waals surface area contributed by atoms with Crippen LogP contribution in [0.3, 0.4) is 0 Å². The fourth-order valence-electron chi connectivity index (χ4n) is 2.60. The number of anilines is 1. The number of nitrogens with two attached hydrogens (primary N) is 1. The predicted octanol–water partition coefficient (Wildman–Crippen LogP) is 3.23. The van der Waals surface area contributed by atoms with Gasteiger partial charge in [0.1, 0.15) is 11.9 Å². The van der Waals surface area contributed by atoms with Crippen molar-refractivity contribution in [2.75, 3.05) is 19.0 Å². The SMILES string of the molecule is COc1ccc(NC(C)c2nc(-c3ccc(C)c(F)c3)no2)cc1OCC(N)=O. The van der Waals surface area contributed by atoms with E-state index in [0.29, 0.717) is 40.0 Å². The molecule has 0 bridgehead atoms. The fourth-order valence-corrected chi connectivity index (χ4v) is 2.60. The Morgan fingerprint density at radius 2 is 2.07 bits per heavy atom. The van der Waals surface area contributed by atoms with E-state index in [4.69, 9.17) is 19.7 Å². The summed E-state index contributed by atoms with van der Waals surface area (Å²) in [5.74, 6) is 0.534. The van der Waals surface area contributed by atoms with Gasteiger partial charge in [0.05, 0.1) is 7.11 Å². The molecule has 1 heterocycles. The van der Waals surface area contributed by atoms with E-state index in [0.717, 1.165) is 0 Å². The number of nitrogens with zero attached hydrogens (tertiary/aromatic N) is 2. The van der Waals surface area contributed by atoms with E-state index >= 15 is 0 Å². The van der Waals surface area contributed by atoms with Gasteiger partial charge in [-0.05, 0) is 37.6 Å². The summed E-state index contributed by atoms with van der Waals surface area (Å²) in [5.41, 5.74) is 6.87. The summed E-state index contributed by atoms with van der Waals surface area (Å²) < 4.78 is 29.7. The molecule has 1 unspecified atom stereocenters. The van der Waals surface area contributed by atoms with Gasteiger partial charge in [0.25, 0.3) is 5.91 Å². The average Bonchev–Trinajstić information content (AvgIpc) is 3.19. The van der Waals surface area contributed by atoms with E-state index < -0.39 is 5.91 Å². The van der Waals surface area contributed by atoms with Gasteiger partial charge in [-0.1, -0.05) is 17.3 Å². The molecule has 1 amide bonds. The summed E-state index contributed by atoms with van der Waals surface area (Å²) in [5, 5.41) is 7.13. The molecular formula is C20H21FN4O4. The largest absolute Gasteiger partial charge is 0.493 e. The Kier molecular flexibility index (Phi) is 5.96. The number of hydrogen-bond donors (Lipinski definition) is 2. The fraction of sp³-hybridized carbons (Fsp3) is 0.250. The summed E-state index contributed by atoms with van der Waals surface area (Å²) in [6.45, 7) is 3.25. The van der Waals surface area contributed by atoms with Crippen molar-refractivity contribution in [1.82, 2.24) is 10.1 Å². The average molecular weight is 400 g/mol. The van der Waals surface area contributed by atoms with E-state index in [-0.39, 0.29) is 18.5 Å². The molecule has 0 aliphatic carbocycles. The number of hydrogen-bond acceptors (Lipinski definition) is 7. The zero-order valence-corrected chi connectivity index (χ0v) is 16.2. The van der Waals surface area contributed by atoms with Gasteiger partial charge in [0.2, 0.25) is 11.7 Å². The maximum Gasteiger partial charge on any atom is 0.255 e. The Bertz CT molecular complexity index is 1020. The Hall–Kier alpha value is -3.62. The second kappa shape index (κ2) is 8.59. The lowest BCUT2D eigenvalue weighted by Gasteiger charge is -2.14. The van der Waals surface area contributed by atoms with Crippen LogP contribution in [0.2, 0.25) is 0 Å². The number of primary amides is 1. The van der Waals surface area contributed by atoms with Gasteiger partial charge in [-0.15, -0.1) is 0 Å². The molecule has 0 saturated heterocycles. The monoisotopic (exact) mass is 400 g/mol. The van der Waals surface area contributed by atoms with Gasteiger partial charge in [0, 0.05) is 17.3 Å². The zero-order chi connectivity index (χ0) is 21.0. The lowest BCUT2D eigenvalue weighted by molar-refractivity contribution is -0.119. The lowest BCUT2D eigenvalue weighted by atomic mass is 10.1. The van der Waals surface area contributed by atoms with Crippen molar-refractivity contribution >= 4 is 11.6 Å². The zero-order valence-electron chi connectivity index (χ0n) is 16.2. The first-order chi connectivity index (χ1) is 13.9. The van der Waals surface area contributed by atoms with Gasteiger partial charge >= 0.3 is 0 Å². The first-order valence-corrected chi connectivity index (χ1v) is 8.83. The highest BCUT2D eigenvalue weighted by molar-refractivity contribution is 5.75. The highest BCUT2D eigenvalue weighted by Crippen LogP contribution is 2.32. The molecule has 152 valence electrons. The van der Waals surface area contributed by atoms with Crippen LogP contribution in [0.5, 0.6) is 11.5 Å². The van der Waals surface area contributed by atoms with Crippen molar-refractivity contribution in [2.24, 2.45) is 5.73 Å². The molecule has 3 aromatic rings. The van der Waals surface area contributed by atoms with Crippen molar-refractivity contribution < 1.29 is 23.2 Å². The van der Waals surface area contributed by atoms with Crippen LogP contribution in [0.25, 0.3) is 11.4 Å². The molecule has 29 heavy (non-hydrogen) atoms. The molecule has 1 aromatic heterocycles. The van der Waals surface area contributed by atoms with Gasteiger partial charge in [0.15, 0.2) is 18.1 Å². The van der Waals surface area contributed by atoms with Crippen molar-refractivity contribution in [3.63, 3.8) is 0 Å². The van der Waals surface area contributed by atoms with Crippen LogP contribution in [0.15, 0.2) is 40.9 Å². The number of carbonyl (C=O) groups is 1. The summed E-state index contributed by atoms with van der Waals surface area (Å²) >= 11 is 0. The van der Waals surface area contributed by atoms with Crippen molar-refractivity contribution in [3.8, 4) is 22.9 Å². The second-order valence-corrected chi connectivity index (χ2v) is 6.41. The van der Waals surface area contributed by atoms with Crippen LogP contribution in [0.4, 0.5) is 10.1 Å². The second-order valence-electron chi connectivity index (χ2n) is 6.41. The normalized spacial score (nSPS) is 11.7. The summed E-state index contributed by atoms with van der Waals surface area (Å²) in [6, 6.07) is 9.56. The third kappa shape index (κ3) is 4.81. The third-order valence-corrected chi connectivity index (χ3v) is 4.16. The van der Waals surface area contributed by atoms with E-state index in [2.05, 4.69) is 15.5 Å². The van der Waals surface area contributed by atoms with Crippen LogP contribution >= 0.6 is 0 Å². The van der Waals surface area contributed by atoms with Gasteiger partial charge in [-0.2, -0.15) is 4.98 Å². The van der Waals surface area contributed by atoms with E-state index in [9.17, 15) is 9.18 Å².